The van der Waals surface area contributed by atoms with Gasteiger partial charge in [0.2, 0.25) is 5.91 Å². The van der Waals surface area contributed by atoms with Gasteiger partial charge in [0.25, 0.3) is 30.3 Å². The number of hydrogen-bond acceptors (Lipinski definition) is 10. The van der Waals surface area contributed by atoms with E-state index in [1.54, 1.807) is 6.07 Å². The monoisotopic (exact) mass is 620 g/mol. The molecule has 4 rings (SSSR count). The molecular weight excluding hydrogens is 600 g/mol. The molecule has 0 aromatic heterocycles. The number of anilines is 2. The number of rotatable bonds is 8. The van der Waals surface area contributed by atoms with Crippen LogP contribution in [0.15, 0.2) is 97.7 Å². The summed E-state index contributed by atoms with van der Waals surface area (Å²) in [5.74, 6) is -1.31. The van der Waals surface area contributed by atoms with Crippen molar-refractivity contribution < 1.29 is 44.3 Å². The molecule has 17 heteroatoms. The molecule has 14 nitrogen and oxygen atoms in total. The number of carbonyl (C=O) groups is 1. The average molecular weight is 621 g/mol. The fraction of sp³-hybridized carbons (Fsp3) is 0.0417. The quantitative estimate of drug-likeness (QED) is 0.139. The summed E-state index contributed by atoms with van der Waals surface area (Å²) in [5, 5.41) is 20.5. The maximum Gasteiger partial charge on any atom is 0.296 e. The van der Waals surface area contributed by atoms with Gasteiger partial charge in [-0.15, -0.1) is 5.11 Å². The lowest BCUT2D eigenvalue weighted by atomic mass is 10.1. The molecule has 0 bridgehead atoms. The Labute approximate surface area is 233 Å². The number of nitrogens with one attached hydrogen (secondary N) is 2. The number of azo groups is 1. The number of carbonyl (C=O) groups excluding carboxylic acids is 1. The summed E-state index contributed by atoms with van der Waals surface area (Å²) in [6.07, 6.45) is 0. The molecule has 0 aliphatic rings. The maximum atomic E-state index is 13.0. The summed E-state index contributed by atoms with van der Waals surface area (Å²) in [5.41, 5.74) is -0.805. The predicted octanol–water partition coefficient (Wildman–Crippen LogP) is 4.21. The summed E-state index contributed by atoms with van der Waals surface area (Å²) >= 11 is 0. The molecule has 0 atom stereocenters. The van der Waals surface area contributed by atoms with E-state index in [2.05, 4.69) is 20.3 Å². The normalized spacial score (nSPS) is 12.5. The van der Waals surface area contributed by atoms with Gasteiger partial charge in [0.1, 0.15) is 10.6 Å². The predicted molar refractivity (Wildman–Crippen MR) is 147 cm³/mol. The molecule has 0 saturated heterocycles. The van der Waals surface area contributed by atoms with E-state index in [-0.39, 0.29) is 16.5 Å². The van der Waals surface area contributed by atoms with Crippen LogP contribution >= 0.6 is 0 Å². The Morgan fingerprint density at radius 1 is 0.780 bits per heavy atom. The zero-order chi connectivity index (χ0) is 30.2. The van der Waals surface area contributed by atoms with E-state index in [4.69, 9.17) is 0 Å². The first-order valence-corrected chi connectivity index (χ1v) is 15.6. The molecule has 0 aliphatic carbocycles. The standard InChI is InChI=1S/C24H20N4O10S3/c1-14(29)25-16-7-9-17(10-8-16)26-27-23-21(41(36,37)38)12-15-11-19(40(33,34)35)13-20(22(15)24(23)30)28-39(31,32)18-5-3-2-4-6-18/h2-13,28,30H,1H3,(H,25,29)(H,33,34,35)(H,36,37,38). The molecule has 0 fully saturated rings. The van der Waals surface area contributed by atoms with Crippen molar-refractivity contribution in [2.75, 3.05) is 10.0 Å². The minimum Gasteiger partial charge on any atom is -0.505 e. The van der Waals surface area contributed by atoms with Crippen molar-refractivity contribution in [2.24, 2.45) is 10.2 Å². The molecule has 0 unspecified atom stereocenters. The van der Waals surface area contributed by atoms with Gasteiger partial charge in [-0.05, 0) is 60.0 Å². The van der Waals surface area contributed by atoms with Crippen LogP contribution in [0.2, 0.25) is 0 Å². The van der Waals surface area contributed by atoms with E-state index in [0.717, 1.165) is 12.1 Å². The third kappa shape index (κ3) is 6.67. The number of fused-ring (bicyclic) bond motifs is 1. The Balaban J connectivity index is 1.96. The van der Waals surface area contributed by atoms with Gasteiger partial charge in [-0.25, -0.2) is 8.42 Å². The molecule has 4 aromatic carbocycles. The summed E-state index contributed by atoms with van der Waals surface area (Å²) in [4.78, 5) is 9.13. The van der Waals surface area contributed by atoms with E-state index in [1.807, 2.05) is 0 Å². The second kappa shape index (κ2) is 10.9. The highest BCUT2D eigenvalue weighted by Crippen LogP contribution is 2.45. The molecule has 0 saturated carbocycles. The molecule has 0 radical (unpaired) electrons. The summed E-state index contributed by atoms with van der Waals surface area (Å²) in [6.45, 7) is 1.31. The fourth-order valence-electron chi connectivity index (χ4n) is 3.71. The number of nitrogens with zero attached hydrogens (tertiary/aromatic N) is 2. The Bertz CT molecular complexity index is 2030. The Morgan fingerprint density at radius 3 is 1.98 bits per heavy atom. The largest absolute Gasteiger partial charge is 0.505 e. The smallest absolute Gasteiger partial charge is 0.296 e. The summed E-state index contributed by atoms with van der Waals surface area (Å²) in [6, 6.07) is 14.8. The van der Waals surface area contributed by atoms with Gasteiger partial charge in [0.15, 0.2) is 5.75 Å². The fourth-order valence-corrected chi connectivity index (χ4v) is 5.99. The first-order valence-electron chi connectivity index (χ1n) is 11.2. The van der Waals surface area contributed by atoms with E-state index >= 15 is 0 Å². The first-order chi connectivity index (χ1) is 19.1. The third-order valence-electron chi connectivity index (χ3n) is 5.45. The Kier molecular flexibility index (Phi) is 7.83. The minimum absolute atomic E-state index is 0.131. The van der Waals surface area contributed by atoms with E-state index in [1.165, 1.54) is 55.5 Å². The summed E-state index contributed by atoms with van der Waals surface area (Å²) in [7, 11) is -14.5. The number of phenolic OH excluding ortho intramolecular Hbond substituents is 1. The van der Waals surface area contributed by atoms with Crippen LogP contribution in [-0.4, -0.2) is 45.4 Å². The van der Waals surface area contributed by atoms with Crippen molar-refractivity contribution >= 4 is 69.7 Å². The Morgan fingerprint density at radius 2 is 1.41 bits per heavy atom. The molecule has 0 spiro atoms. The van der Waals surface area contributed by atoms with Crippen LogP contribution in [-0.2, 0) is 35.1 Å². The van der Waals surface area contributed by atoms with Crippen molar-refractivity contribution in [2.45, 2.75) is 21.6 Å². The van der Waals surface area contributed by atoms with Gasteiger partial charge in [-0.3, -0.25) is 18.6 Å². The SMILES string of the molecule is CC(=O)Nc1ccc(N=Nc2c(S(=O)(=O)O)cc3cc(S(=O)(=O)O)cc(NS(=O)(=O)c4ccccc4)c3c2O)cc1. The van der Waals surface area contributed by atoms with Crippen LogP contribution in [0.25, 0.3) is 10.8 Å². The van der Waals surface area contributed by atoms with Gasteiger partial charge in [-0.2, -0.15) is 21.9 Å². The second-order valence-electron chi connectivity index (χ2n) is 8.44. The van der Waals surface area contributed by atoms with Crippen molar-refractivity contribution in [3.05, 3.63) is 72.8 Å². The van der Waals surface area contributed by atoms with Gasteiger partial charge in [-0.1, -0.05) is 18.2 Å². The molecule has 41 heavy (non-hydrogen) atoms. The molecule has 5 N–H and O–H groups in total. The number of hydrogen-bond donors (Lipinski definition) is 5. The zero-order valence-corrected chi connectivity index (χ0v) is 23.2. The van der Waals surface area contributed by atoms with Crippen LogP contribution in [0.1, 0.15) is 6.92 Å². The molecule has 4 aromatic rings. The van der Waals surface area contributed by atoms with Crippen molar-refractivity contribution in [1.29, 1.82) is 0 Å². The van der Waals surface area contributed by atoms with Crippen LogP contribution in [0.3, 0.4) is 0 Å². The van der Waals surface area contributed by atoms with Crippen molar-refractivity contribution in [3.63, 3.8) is 0 Å². The van der Waals surface area contributed by atoms with E-state index in [9.17, 15) is 44.3 Å². The van der Waals surface area contributed by atoms with Gasteiger partial charge in [0, 0.05) is 12.6 Å². The lowest BCUT2D eigenvalue weighted by molar-refractivity contribution is -0.114. The zero-order valence-electron chi connectivity index (χ0n) is 20.7. The minimum atomic E-state index is -5.12. The highest BCUT2D eigenvalue weighted by atomic mass is 32.2. The highest BCUT2D eigenvalue weighted by molar-refractivity contribution is 7.92. The molecular formula is C24H20N4O10S3. The van der Waals surface area contributed by atoms with Crippen LogP contribution in [0, 0.1) is 0 Å². The van der Waals surface area contributed by atoms with Gasteiger partial charge in [0.05, 0.1) is 26.6 Å². The number of aromatic hydroxyl groups is 1. The molecule has 0 aliphatic heterocycles. The van der Waals surface area contributed by atoms with Gasteiger partial charge >= 0.3 is 0 Å². The topological polar surface area (TPSA) is 229 Å². The van der Waals surface area contributed by atoms with Crippen molar-refractivity contribution in [3.8, 4) is 5.75 Å². The number of phenols is 1. The van der Waals surface area contributed by atoms with Crippen LogP contribution in [0.4, 0.5) is 22.7 Å². The third-order valence-corrected chi connectivity index (χ3v) is 8.53. The van der Waals surface area contributed by atoms with E-state index < -0.39 is 67.9 Å². The van der Waals surface area contributed by atoms with E-state index in [0.29, 0.717) is 11.8 Å². The maximum absolute atomic E-state index is 13.0. The van der Waals surface area contributed by atoms with Crippen LogP contribution < -0.4 is 10.0 Å². The lowest BCUT2D eigenvalue weighted by Gasteiger charge is -2.15. The Hall–Kier alpha value is -4.42. The highest BCUT2D eigenvalue weighted by Gasteiger charge is 2.27. The number of benzene rings is 4. The van der Waals surface area contributed by atoms with Crippen LogP contribution in [0.5, 0.6) is 5.75 Å². The molecule has 0 heterocycles. The summed E-state index contributed by atoms with van der Waals surface area (Å²) < 4.78 is 95.9. The molecule has 1 amide bonds. The van der Waals surface area contributed by atoms with Crippen molar-refractivity contribution in [1.82, 2.24) is 0 Å². The second-order valence-corrected chi connectivity index (χ2v) is 12.9. The number of sulfonamides is 1. The lowest BCUT2D eigenvalue weighted by Crippen LogP contribution is -2.14. The first kappa shape index (κ1) is 29.6. The molecule has 214 valence electrons. The number of amides is 1. The van der Waals surface area contributed by atoms with Gasteiger partial charge < -0.3 is 10.4 Å². The average Bonchev–Trinajstić information content (AvgIpc) is 2.87.